The molecule has 0 fully saturated rings. The number of benzene rings is 1. The van der Waals surface area contributed by atoms with Crippen molar-refractivity contribution in [3.63, 3.8) is 0 Å². The molecule has 0 spiro atoms. The Kier molecular flexibility index (Phi) is 6.04. The van der Waals surface area contributed by atoms with Gasteiger partial charge in [-0.15, -0.1) is 11.3 Å². The first kappa shape index (κ1) is 21.7. The molecular formula is C22H21N3O6S. The van der Waals surface area contributed by atoms with Crippen LogP contribution in [0.4, 0.5) is 5.69 Å². The van der Waals surface area contributed by atoms with Gasteiger partial charge in [-0.3, -0.25) is 19.0 Å². The highest BCUT2D eigenvalue weighted by atomic mass is 32.1. The Morgan fingerprint density at radius 3 is 2.91 bits per heavy atom. The highest BCUT2D eigenvalue weighted by Gasteiger charge is 2.25. The number of hydrogen-bond acceptors (Lipinski definition) is 8. The number of anilines is 1. The van der Waals surface area contributed by atoms with Crippen LogP contribution in [0, 0.1) is 0 Å². The summed E-state index contributed by atoms with van der Waals surface area (Å²) in [6, 6.07) is 4.69. The normalized spacial score (nSPS) is 15.1. The molecular weight excluding hydrogens is 434 g/mol. The molecule has 1 amide bonds. The molecule has 0 aliphatic carbocycles. The van der Waals surface area contributed by atoms with E-state index in [9.17, 15) is 19.2 Å². The van der Waals surface area contributed by atoms with E-state index in [1.165, 1.54) is 23.7 Å². The van der Waals surface area contributed by atoms with Crippen LogP contribution in [-0.2, 0) is 16.1 Å². The number of hydrogen-bond donors (Lipinski definition) is 1. The lowest BCUT2D eigenvalue weighted by atomic mass is 10.1. The highest BCUT2D eigenvalue weighted by Crippen LogP contribution is 2.30. The zero-order chi connectivity index (χ0) is 22.8. The minimum absolute atomic E-state index is 0.145. The molecule has 9 nitrogen and oxygen atoms in total. The lowest BCUT2D eigenvalue weighted by Crippen LogP contribution is -2.34. The van der Waals surface area contributed by atoms with E-state index in [0.29, 0.717) is 21.8 Å². The number of carbonyl (C=O) groups excluding carboxylic acids is 3. The fourth-order valence-electron chi connectivity index (χ4n) is 3.25. The van der Waals surface area contributed by atoms with Crippen LogP contribution in [0.1, 0.15) is 47.4 Å². The minimum atomic E-state index is -0.617. The summed E-state index contributed by atoms with van der Waals surface area (Å²) in [7, 11) is 0. The third-order valence-electron chi connectivity index (χ3n) is 5.06. The largest absolute Gasteiger partial charge is 0.479 e. The first-order valence-corrected chi connectivity index (χ1v) is 11.1. The second kappa shape index (κ2) is 8.91. The van der Waals surface area contributed by atoms with Crippen molar-refractivity contribution >= 4 is 44.9 Å². The first-order chi connectivity index (χ1) is 15.4. The van der Waals surface area contributed by atoms with Crippen molar-refractivity contribution < 1.29 is 23.9 Å². The molecule has 1 atom stereocenters. The number of ether oxygens (including phenoxy) is 2. The number of nitrogens with one attached hydrogen (secondary N) is 1. The fraction of sp³-hybridized carbons (Fsp3) is 0.318. The zero-order valence-corrected chi connectivity index (χ0v) is 18.4. The van der Waals surface area contributed by atoms with E-state index in [2.05, 4.69) is 10.3 Å². The maximum Gasteiger partial charge on any atom is 0.339 e. The minimum Gasteiger partial charge on any atom is -0.479 e. The summed E-state index contributed by atoms with van der Waals surface area (Å²) < 4.78 is 11.9. The maximum atomic E-state index is 13.0. The van der Waals surface area contributed by atoms with Gasteiger partial charge in [0.15, 0.2) is 11.9 Å². The van der Waals surface area contributed by atoms with Gasteiger partial charge in [0, 0.05) is 10.9 Å². The molecule has 0 radical (unpaired) electrons. The van der Waals surface area contributed by atoms with Crippen molar-refractivity contribution in [2.45, 2.75) is 39.3 Å². The Hall–Kier alpha value is -3.53. The van der Waals surface area contributed by atoms with Crippen LogP contribution >= 0.6 is 11.3 Å². The van der Waals surface area contributed by atoms with Crippen molar-refractivity contribution in [1.29, 1.82) is 0 Å². The Morgan fingerprint density at radius 2 is 2.12 bits per heavy atom. The van der Waals surface area contributed by atoms with Gasteiger partial charge >= 0.3 is 5.97 Å². The molecule has 0 saturated carbocycles. The summed E-state index contributed by atoms with van der Waals surface area (Å²) in [5.74, 6) is -0.763. The van der Waals surface area contributed by atoms with Crippen molar-refractivity contribution in [1.82, 2.24) is 9.55 Å². The topological polar surface area (TPSA) is 117 Å². The molecule has 4 rings (SSSR count). The lowest BCUT2D eigenvalue weighted by Gasteiger charge is -2.23. The van der Waals surface area contributed by atoms with Crippen molar-refractivity contribution in [2.24, 2.45) is 0 Å². The van der Waals surface area contributed by atoms with Crippen molar-refractivity contribution in [2.75, 3.05) is 11.9 Å². The fourth-order valence-corrected chi connectivity index (χ4v) is 4.11. The Morgan fingerprint density at radius 1 is 1.31 bits per heavy atom. The van der Waals surface area contributed by atoms with Crippen LogP contribution in [0.3, 0.4) is 0 Å². The number of thiophene rings is 1. The molecule has 3 aromatic rings. The monoisotopic (exact) mass is 455 g/mol. The van der Waals surface area contributed by atoms with E-state index in [0.717, 1.165) is 17.4 Å². The van der Waals surface area contributed by atoms with Gasteiger partial charge in [-0.2, -0.15) is 0 Å². The van der Waals surface area contributed by atoms with E-state index in [1.807, 2.05) is 6.92 Å². The second-order valence-corrected chi connectivity index (χ2v) is 8.24. The summed E-state index contributed by atoms with van der Waals surface area (Å²) in [6.45, 7) is 3.62. The summed E-state index contributed by atoms with van der Waals surface area (Å²) in [4.78, 5) is 54.7. The molecule has 1 unspecified atom stereocenters. The Labute approximate surface area is 187 Å². The van der Waals surface area contributed by atoms with Gasteiger partial charge in [0.2, 0.25) is 0 Å². The van der Waals surface area contributed by atoms with Crippen LogP contribution in [0.2, 0.25) is 0 Å². The van der Waals surface area contributed by atoms with E-state index in [1.54, 1.807) is 24.4 Å². The maximum absolute atomic E-state index is 13.0. The third kappa shape index (κ3) is 4.13. The smallest absolute Gasteiger partial charge is 0.339 e. The predicted octanol–water partition coefficient (Wildman–Crippen LogP) is 3.02. The SMILES string of the molecule is CCCCOC(=O)c1csc2ncn(CC(=O)c3ccc4c(c3)NC(=O)C(C)O4)c(=O)c12. The van der Waals surface area contributed by atoms with Crippen LogP contribution < -0.4 is 15.6 Å². The molecule has 1 aliphatic heterocycles. The van der Waals surface area contributed by atoms with Crippen LogP contribution in [-0.4, -0.2) is 39.9 Å². The molecule has 0 saturated heterocycles. The molecule has 2 aromatic heterocycles. The second-order valence-electron chi connectivity index (χ2n) is 7.38. The first-order valence-electron chi connectivity index (χ1n) is 10.2. The molecule has 3 heterocycles. The average molecular weight is 455 g/mol. The molecule has 1 N–H and O–H groups in total. The number of amides is 1. The number of rotatable bonds is 7. The van der Waals surface area contributed by atoms with Gasteiger partial charge in [-0.1, -0.05) is 13.3 Å². The number of carbonyl (C=O) groups is 3. The number of ketones is 1. The van der Waals surface area contributed by atoms with Crippen LogP contribution in [0.15, 0.2) is 34.7 Å². The average Bonchev–Trinajstić information content (AvgIpc) is 3.21. The molecule has 0 bridgehead atoms. The van der Waals surface area contributed by atoms with Gasteiger partial charge in [0.05, 0.1) is 36.1 Å². The number of unbranched alkanes of at least 4 members (excludes halogenated alkanes) is 1. The van der Waals surface area contributed by atoms with Gasteiger partial charge in [0.1, 0.15) is 10.6 Å². The van der Waals surface area contributed by atoms with Gasteiger partial charge in [0.25, 0.3) is 11.5 Å². The van der Waals surface area contributed by atoms with Gasteiger partial charge < -0.3 is 14.8 Å². The quantitative estimate of drug-likeness (QED) is 0.331. The number of aromatic nitrogens is 2. The molecule has 1 aliphatic rings. The molecule has 10 heteroatoms. The van der Waals surface area contributed by atoms with Crippen LogP contribution in [0.25, 0.3) is 10.2 Å². The Bertz CT molecular complexity index is 1280. The highest BCUT2D eigenvalue weighted by molar-refractivity contribution is 7.17. The summed E-state index contributed by atoms with van der Waals surface area (Å²) in [5.41, 5.74) is 0.368. The zero-order valence-electron chi connectivity index (χ0n) is 17.5. The number of Topliss-reactive ketones (excluding diaryl/α,β-unsaturated/α-hetero) is 1. The predicted molar refractivity (Wildman–Crippen MR) is 119 cm³/mol. The summed E-state index contributed by atoms with van der Waals surface area (Å²) >= 11 is 1.17. The number of nitrogens with zero attached hydrogens (tertiary/aromatic N) is 2. The van der Waals surface area contributed by atoms with E-state index < -0.39 is 17.6 Å². The van der Waals surface area contributed by atoms with E-state index >= 15 is 0 Å². The summed E-state index contributed by atoms with van der Waals surface area (Å²) in [6.07, 6.45) is 2.28. The van der Waals surface area contributed by atoms with Crippen LogP contribution in [0.5, 0.6) is 5.75 Å². The molecule has 1 aromatic carbocycles. The Balaban J connectivity index is 1.59. The van der Waals surface area contributed by atoms with Gasteiger partial charge in [-0.25, -0.2) is 9.78 Å². The molecule has 32 heavy (non-hydrogen) atoms. The van der Waals surface area contributed by atoms with Gasteiger partial charge in [-0.05, 0) is 31.5 Å². The number of fused-ring (bicyclic) bond motifs is 2. The molecule has 166 valence electrons. The lowest BCUT2D eigenvalue weighted by molar-refractivity contribution is -0.122. The summed E-state index contributed by atoms with van der Waals surface area (Å²) in [5, 5.41) is 4.39. The van der Waals surface area contributed by atoms with Crippen molar-refractivity contribution in [3.8, 4) is 5.75 Å². The van der Waals surface area contributed by atoms with E-state index in [4.69, 9.17) is 9.47 Å². The number of esters is 1. The standard InChI is InChI=1S/C22H21N3O6S/c1-3-4-7-30-22(29)14-10-32-20-18(14)21(28)25(11-23-20)9-16(26)13-5-6-17-15(8-13)24-19(27)12(2)31-17/h5-6,8,10-12H,3-4,7,9H2,1-2H3,(H,24,27). The van der Waals surface area contributed by atoms with Crippen molar-refractivity contribution in [3.05, 3.63) is 51.4 Å². The third-order valence-corrected chi connectivity index (χ3v) is 5.94. The van der Waals surface area contributed by atoms with E-state index in [-0.39, 0.29) is 35.8 Å².